The van der Waals surface area contributed by atoms with E-state index < -0.39 is 0 Å². The lowest BCUT2D eigenvalue weighted by atomic mass is 9.98. The molecule has 1 saturated heterocycles. The van der Waals surface area contributed by atoms with Gasteiger partial charge in [-0.25, -0.2) is 0 Å². The van der Waals surface area contributed by atoms with Gasteiger partial charge in [0.05, 0.1) is 0 Å². The van der Waals surface area contributed by atoms with Gasteiger partial charge in [0.1, 0.15) is 0 Å². The van der Waals surface area contributed by atoms with Gasteiger partial charge in [-0.2, -0.15) is 0 Å². The summed E-state index contributed by atoms with van der Waals surface area (Å²) in [5.74, 6) is 0.895. The third kappa shape index (κ3) is 4.54. The molecule has 2 rings (SSSR count). The van der Waals surface area contributed by atoms with Crippen LogP contribution in [0, 0.1) is 5.92 Å². The minimum atomic E-state index is 0.182. The molecular weight excluding hydrogens is 232 g/mol. The molecule has 1 aliphatic rings. The molecule has 0 unspecified atom stereocenters. The third-order valence-electron chi connectivity index (χ3n) is 3.91. The van der Waals surface area contributed by atoms with E-state index in [1.165, 1.54) is 37.2 Å². The maximum Gasteiger partial charge on any atom is 0.0366 e. The number of nitrogens with one attached hydrogen (secondary N) is 1. The second-order valence-corrected chi connectivity index (χ2v) is 6.94. The molecule has 0 aromatic heterocycles. The Hall–Kier alpha value is -1.02. The lowest BCUT2D eigenvalue weighted by Gasteiger charge is -2.32. The minimum Gasteiger partial charge on any atom is -0.372 e. The number of nitrogens with zero attached hydrogens (tertiary/aromatic N) is 1. The van der Waals surface area contributed by atoms with Crippen LogP contribution >= 0.6 is 0 Å². The highest BCUT2D eigenvalue weighted by Crippen LogP contribution is 2.23. The van der Waals surface area contributed by atoms with Gasteiger partial charge in [-0.05, 0) is 57.2 Å². The van der Waals surface area contributed by atoms with Gasteiger partial charge in [-0.15, -0.1) is 0 Å². The van der Waals surface area contributed by atoms with Gasteiger partial charge in [0.25, 0.3) is 0 Å². The number of anilines is 1. The smallest absolute Gasteiger partial charge is 0.0366 e. The molecule has 0 atom stereocenters. The lowest BCUT2D eigenvalue weighted by molar-refractivity contribution is 0.424. The second kappa shape index (κ2) is 5.96. The van der Waals surface area contributed by atoms with E-state index >= 15 is 0 Å². The Labute approximate surface area is 118 Å². The van der Waals surface area contributed by atoms with Crippen molar-refractivity contribution >= 4 is 5.69 Å². The maximum atomic E-state index is 3.53. The van der Waals surface area contributed by atoms with Gasteiger partial charge < -0.3 is 10.2 Å². The van der Waals surface area contributed by atoms with Crippen LogP contribution in [-0.4, -0.2) is 18.6 Å². The van der Waals surface area contributed by atoms with Crippen LogP contribution in [0.4, 0.5) is 5.69 Å². The molecule has 0 aliphatic carbocycles. The number of benzene rings is 1. The summed E-state index contributed by atoms with van der Waals surface area (Å²) in [5.41, 5.74) is 2.93. The van der Waals surface area contributed by atoms with E-state index in [0.717, 1.165) is 12.5 Å². The van der Waals surface area contributed by atoms with Gasteiger partial charge in [-0.1, -0.05) is 19.1 Å². The summed E-state index contributed by atoms with van der Waals surface area (Å²) < 4.78 is 0. The van der Waals surface area contributed by atoms with E-state index in [1.54, 1.807) is 0 Å². The number of hydrogen-bond acceptors (Lipinski definition) is 2. The first-order chi connectivity index (χ1) is 8.94. The standard InChI is InChI=1S/C17H28N2/c1-14-9-11-19(12-10-14)16-7-5-15(6-8-16)13-18-17(2,3)4/h5-8,14,18H,9-13H2,1-4H3. The summed E-state index contributed by atoms with van der Waals surface area (Å²) >= 11 is 0. The Bertz CT molecular complexity index is 381. The molecule has 0 amide bonds. The summed E-state index contributed by atoms with van der Waals surface area (Å²) in [6.45, 7) is 12.3. The van der Waals surface area contributed by atoms with Crippen LogP contribution in [0.2, 0.25) is 0 Å². The van der Waals surface area contributed by atoms with Gasteiger partial charge in [0.15, 0.2) is 0 Å². The Morgan fingerprint density at radius 1 is 1.11 bits per heavy atom. The monoisotopic (exact) mass is 260 g/mol. The molecule has 0 spiro atoms. The van der Waals surface area contributed by atoms with Crippen LogP contribution < -0.4 is 10.2 Å². The Morgan fingerprint density at radius 2 is 1.68 bits per heavy atom. The Balaban J connectivity index is 1.91. The molecule has 106 valence electrons. The molecule has 1 fully saturated rings. The van der Waals surface area contributed by atoms with Crippen molar-refractivity contribution in [3.8, 4) is 0 Å². The van der Waals surface area contributed by atoms with Gasteiger partial charge in [0.2, 0.25) is 0 Å². The molecular formula is C17H28N2. The van der Waals surface area contributed by atoms with Crippen molar-refractivity contribution in [2.24, 2.45) is 5.92 Å². The molecule has 1 aliphatic heterocycles. The fraction of sp³-hybridized carbons (Fsp3) is 0.647. The quantitative estimate of drug-likeness (QED) is 0.889. The van der Waals surface area contributed by atoms with Crippen molar-refractivity contribution < 1.29 is 0 Å². The highest BCUT2D eigenvalue weighted by molar-refractivity contribution is 5.47. The fourth-order valence-corrected chi connectivity index (χ4v) is 2.46. The molecule has 0 radical (unpaired) electrons. The van der Waals surface area contributed by atoms with E-state index in [0.29, 0.717) is 0 Å². The van der Waals surface area contributed by atoms with Crippen molar-refractivity contribution in [2.45, 2.75) is 52.6 Å². The van der Waals surface area contributed by atoms with Gasteiger partial charge in [-0.3, -0.25) is 0 Å². The number of rotatable bonds is 3. The first-order valence-electron chi connectivity index (χ1n) is 7.53. The van der Waals surface area contributed by atoms with Crippen LogP contribution in [0.15, 0.2) is 24.3 Å². The SMILES string of the molecule is CC1CCN(c2ccc(CNC(C)(C)C)cc2)CC1. The highest BCUT2D eigenvalue weighted by Gasteiger charge is 2.15. The molecule has 2 nitrogen and oxygen atoms in total. The average Bonchev–Trinajstić information content (AvgIpc) is 2.37. The summed E-state index contributed by atoms with van der Waals surface area (Å²) in [4.78, 5) is 2.51. The number of piperidine rings is 1. The molecule has 0 saturated carbocycles. The van der Waals surface area contributed by atoms with Crippen LogP contribution in [0.5, 0.6) is 0 Å². The molecule has 2 heteroatoms. The number of hydrogen-bond donors (Lipinski definition) is 1. The predicted octanol–water partition coefficient (Wildman–Crippen LogP) is 3.81. The van der Waals surface area contributed by atoms with Gasteiger partial charge in [0, 0.05) is 30.9 Å². The zero-order chi connectivity index (χ0) is 13.9. The zero-order valence-electron chi connectivity index (χ0n) is 12.9. The van der Waals surface area contributed by atoms with Crippen LogP contribution in [-0.2, 0) is 6.54 Å². The normalized spacial score (nSPS) is 17.8. The zero-order valence-corrected chi connectivity index (χ0v) is 12.9. The third-order valence-corrected chi connectivity index (χ3v) is 3.91. The van der Waals surface area contributed by atoms with Crippen molar-refractivity contribution in [3.63, 3.8) is 0 Å². The second-order valence-electron chi connectivity index (χ2n) is 6.94. The van der Waals surface area contributed by atoms with Crippen LogP contribution in [0.3, 0.4) is 0 Å². The summed E-state index contributed by atoms with van der Waals surface area (Å²) in [5, 5.41) is 3.53. The molecule has 19 heavy (non-hydrogen) atoms. The van der Waals surface area contributed by atoms with Crippen LogP contribution in [0.1, 0.15) is 46.1 Å². The van der Waals surface area contributed by atoms with Gasteiger partial charge >= 0.3 is 0 Å². The summed E-state index contributed by atoms with van der Waals surface area (Å²) in [7, 11) is 0. The lowest BCUT2D eigenvalue weighted by Crippen LogP contribution is -2.35. The van der Waals surface area contributed by atoms with Crippen molar-refractivity contribution in [1.82, 2.24) is 5.32 Å². The average molecular weight is 260 g/mol. The first-order valence-corrected chi connectivity index (χ1v) is 7.53. The maximum absolute atomic E-state index is 3.53. The largest absolute Gasteiger partial charge is 0.372 e. The van der Waals surface area contributed by atoms with Crippen LogP contribution in [0.25, 0.3) is 0 Å². The fourth-order valence-electron chi connectivity index (χ4n) is 2.46. The van der Waals surface area contributed by atoms with E-state index in [4.69, 9.17) is 0 Å². The Kier molecular flexibility index (Phi) is 4.51. The van der Waals surface area contributed by atoms with E-state index in [-0.39, 0.29) is 5.54 Å². The van der Waals surface area contributed by atoms with Crippen molar-refractivity contribution in [1.29, 1.82) is 0 Å². The predicted molar refractivity (Wildman–Crippen MR) is 83.6 cm³/mol. The first kappa shape index (κ1) is 14.4. The molecule has 1 aromatic rings. The van der Waals surface area contributed by atoms with Crippen molar-refractivity contribution in [3.05, 3.63) is 29.8 Å². The Morgan fingerprint density at radius 3 is 2.21 bits per heavy atom. The topological polar surface area (TPSA) is 15.3 Å². The van der Waals surface area contributed by atoms with Crippen molar-refractivity contribution in [2.75, 3.05) is 18.0 Å². The van der Waals surface area contributed by atoms with E-state index in [2.05, 4.69) is 62.2 Å². The minimum absolute atomic E-state index is 0.182. The molecule has 1 heterocycles. The molecule has 1 N–H and O–H groups in total. The molecule has 1 aromatic carbocycles. The summed E-state index contributed by atoms with van der Waals surface area (Å²) in [6, 6.07) is 9.06. The van der Waals surface area contributed by atoms with E-state index in [1.807, 2.05) is 0 Å². The molecule has 0 bridgehead atoms. The highest BCUT2D eigenvalue weighted by atomic mass is 15.1. The van der Waals surface area contributed by atoms with E-state index in [9.17, 15) is 0 Å². The summed E-state index contributed by atoms with van der Waals surface area (Å²) in [6.07, 6.45) is 2.65.